The Morgan fingerprint density at radius 3 is 2.38 bits per heavy atom. The van der Waals surface area contributed by atoms with Gasteiger partial charge in [-0.1, -0.05) is 18.6 Å². The van der Waals surface area contributed by atoms with E-state index in [1.807, 2.05) is 0 Å². The fourth-order valence-corrected chi connectivity index (χ4v) is 1.38. The third-order valence-electron chi connectivity index (χ3n) is 2.36. The van der Waals surface area contributed by atoms with Crippen molar-refractivity contribution in [2.45, 2.75) is 32.1 Å². The number of hydrogen-bond acceptors (Lipinski definition) is 4. The van der Waals surface area contributed by atoms with Gasteiger partial charge in [0.05, 0.1) is 12.5 Å². The van der Waals surface area contributed by atoms with E-state index in [-0.39, 0.29) is 25.6 Å². The van der Waals surface area contributed by atoms with Gasteiger partial charge in [0.15, 0.2) is 0 Å². The molecular formula is C12H22O4. The number of carbonyl (C=O) groups excluding carboxylic acids is 1. The van der Waals surface area contributed by atoms with Crippen molar-refractivity contribution in [1.82, 2.24) is 0 Å². The van der Waals surface area contributed by atoms with Crippen LogP contribution in [0.5, 0.6) is 0 Å². The second kappa shape index (κ2) is 10.8. The van der Waals surface area contributed by atoms with E-state index in [2.05, 4.69) is 0 Å². The molecule has 0 saturated carbocycles. The van der Waals surface area contributed by atoms with Crippen molar-refractivity contribution < 1.29 is 20.1 Å². The quantitative estimate of drug-likeness (QED) is 0.380. The molecule has 0 fully saturated rings. The van der Waals surface area contributed by atoms with Crippen LogP contribution in [-0.4, -0.2) is 40.9 Å². The van der Waals surface area contributed by atoms with Crippen LogP contribution >= 0.6 is 0 Å². The Bertz CT molecular complexity index is 201. The maximum atomic E-state index is 11.6. The molecule has 0 saturated heterocycles. The predicted octanol–water partition coefficient (Wildman–Crippen LogP) is 0.655. The van der Waals surface area contributed by atoms with Gasteiger partial charge >= 0.3 is 0 Å². The molecule has 0 aromatic carbocycles. The van der Waals surface area contributed by atoms with Crippen LogP contribution in [0, 0.1) is 5.92 Å². The average Bonchev–Trinajstić information content (AvgIpc) is 2.30. The summed E-state index contributed by atoms with van der Waals surface area (Å²) in [5.41, 5.74) is 0. The van der Waals surface area contributed by atoms with Crippen LogP contribution < -0.4 is 0 Å². The van der Waals surface area contributed by atoms with E-state index >= 15 is 0 Å². The van der Waals surface area contributed by atoms with E-state index in [1.165, 1.54) is 0 Å². The highest BCUT2D eigenvalue weighted by atomic mass is 16.3. The molecule has 4 heteroatoms. The van der Waals surface area contributed by atoms with Crippen molar-refractivity contribution in [2.75, 3.05) is 19.8 Å². The van der Waals surface area contributed by atoms with Crippen molar-refractivity contribution in [3.8, 4) is 0 Å². The first-order valence-corrected chi connectivity index (χ1v) is 5.78. The van der Waals surface area contributed by atoms with Crippen molar-refractivity contribution in [1.29, 1.82) is 0 Å². The molecule has 3 N–H and O–H groups in total. The van der Waals surface area contributed by atoms with E-state index in [1.54, 1.807) is 12.2 Å². The first-order valence-electron chi connectivity index (χ1n) is 5.78. The summed E-state index contributed by atoms with van der Waals surface area (Å²) >= 11 is 0. The van der Waals surface area contributed by atoms with Crippen LogP contribution in [0.3, 0.4) is 0 Å². The smallest absolute Gasteiger partial charge is 0.142 e. The Morgan fingerprint density at radius 1 is 1.06 bits per heavy atom. The largest absolute Gasteiger partial charge is 0.396 e. The molecule has 4 nitrogen and oxygen atoms in total. The normalized spacial score (nSPS) is 13.2. The maximum absolute atomic E-state index is 11.6. The lowest BCUT2D eigenvalue weighted by Gasteiger charge is -2.07. The van der Waals surface area contributed by atoms with Gasteiger partial charge in [0.25, 0.3) is 0 Å². The Labute approximate surface area is 96.6 Å². The van der Waals surface area contributed by atoms with Crippen molar-refractivity contribution >= 4 is 5.78 Å². The highest BCUT2D eigenvalue weighted by Crippen LogP contribution is 2.08. The summed E-state index contributed by atoms with van der Waals surface area (Å²) in [4.78, 5) is 11.6. The molecule has 1 atom stereocenters. The first-order chi connectivity index (χ1) is 7.76. The molecule has 94 valence electrons. The van der Waals surface area contributed by atoms with Gasteiger partial charge < -0.3 is 15.3 Å². The summed E-state index contributed by atoms with van der Waals surface area (Å²) in [6.07, 6.45) is 6.63. The third kappa shape index (κ3) is 7.56. The van der Waals surface area contributed by atoms with E-state index in [0.717, 1.165) is 19.3 Å². The Balaban J connectivity index is 3.82. The number of unbranched alkanes of at least 4 members (excludes halogenated alkanes) is 2. The summed E-state index contributed by atoms with van der Waals surface area (Å²) in [7, 11) is 0. The molecule has 0 amide bonds. The summed E-state index contributed by atoms with van der Waals surface area (Å²) in [5, 5.41) is 26.2. The average molecular weight is 230 g/mol. The first kappa shape index (κ1) is 15.3. The van der Waals surface area contributed by atoms with E-state index in [9.17, 15) is 4.79 Å². The van der Waals surface area contributed by atoms with Crippen LogP contribution in [0.2, 0.25) is 0 Å². The van der Waals surface area contributed by atoms with Gasteiger partial charge in [-0.05, 0) is 19.3 Å². The molecule has 0 aliphatic heterocycles. The summed E-state index contributed by atoms with van der Waals surface area (Å²) in [6, 6.07) is 0. The molecule has 0 heterocycles. The molecule has 0 spiro atoms. The number of hydrogen-bond donors (Lipinski definition) is 3. The lowest BCUT2D eigenvalue weighted by molar-refractivity contribution is -0.122. The lowest BCUT2D eigenvalue weighted by Crippen LogP contribution is -2.16. The molecule has 0 radical (unpaired) electrons. The van der Waals surface area contributed by atoms with Gasteiger partial charge in [-0.25, -0.2) is 0 Å². The molecule has 0 aromatic heterocycles. The minimum atomic E-state index is -0.444. The van der Waals surface area contributed by atoms with Gasteiger partial charge in [0.1, 0.15) is 5.78 Å². The Morgan fingerprint density at radius 2 is 1.81 bits per heavy atom. The van der Waals surface area contributed by atoms with Gasteiger partial charge in [-0.2, -0.15) is 0 Å². The predicted molar refractivity (Wildman–Crippen MR) is 62.0 cm³/mol. The minimum absolute atomic E-state index is 0.0228. The lowest BCUT2D eigenvalue weighted by atomic mass is 9.99. The second-order valence-electron chi connectivity index (χ2n) is 3.73. The molecule has 1 unspecified atom stereocenters. The Hall–Kier alpha value is -0.710. The van der Waals surface area contributed by atoms with Crippen LogP contribution in [0.4, 0.5) is 0 Å². The molecule has 0 rings (SSSR count). The molecular weight excluding hydrogens is 208 g/mol. The molecule has 16 heavy (non-hydrogen) atoms. The van der Waals surface area contributed by atoms with E-state index in [0.29, 0.717) is 12.8 Å². The van der Waals surface area contributed by atoms with Gasteiger partial charge in [0, 0.05) is 19.6 Å². The van der Waals surface area contributed by atoms with Gasteiger partial charge in [0.2, 0.25) is 0 Å². The number of aliphatic hydroxyl groups excluding tert-OH is 3. The zero-order valence-corrected chi connectivity index (χ0v) is 9.64. The monoisotopic (exact) mass is 230 g/mol. The van der Waals surface area contributed by atoms with E-state index < -0.39 is 5.92 Å². The second-order valence-corrected chi connectivity index (χ2v) is 3.73. The molecule has 0 aromatic rings. The molecule has 0 bridgehead atoms. The van der Waals surface area contributed by atoms with Gasteiger partial charge in [-0.3, -0.25) is 4.79 Å². The van der Waals surface area contributed by atoms with Crippen LogP contribution in [0.25, 0.3) is 0 Å². The highest BCUT2D eigenvalue weighted by molar-refractivity contribution is 5.82. The standard InChI is InChI=1S/C12H22O4/c13-8-4-1-2-7-12(16)11(10-15)6-3-5-9-14/h3,6,11,13-15H,1-2,4-5,7-10H2. The topological polar surface area (TPSA) is 77.8 Å². The van der Waals surface area contributed by atoms with Crippen LogP contribution in [0.15, 0.2) is 12.2 Å². The zero-order chi connectivity index (χ0) is 12.2. The van der Waals surface area contributed by atoms with Crippen LogP contribution in [-0.2, 0) is 4.79 Å². The molecule has 0 aliphatic carbocycles. The van der Waals surface area contributed by atoms with Crippen molar-refractivity contribution in [3.05, 3.63) is 12.2 Å². The number of carbonyl (C=O) groups is 1. The van der Waals surface area contributed by atoms with Crippen molar-refractivity contribution in [3.63, 3.8) is 0 Å². The van der Waals surface area contributed by atoms with Crippen molar-refractivity contribution in [2.24, 2.45) is 5.92 Å². The Kier molecular flexibility index (Phi) is 10.3. The highest BCUT2D eigenvalue weighted by Gasteiger charge is 2.13. The number of rotatable bonds is 10. The van der Waals surface area contributed by atoms with Gasteiger partial charge in [-0.15, -0.1) is 0 Å². The third-order valence-corrected chi connectivity index (χ3v) is 2.36. The summed E-state index contributed by atoms with van der Waals surface area (Å²) in [5.74, 6) is -0.421. The van der Waals surface area contributed by atoms with Crippen LogP contribution in [0.1, 0.15) is 32.1 Å². The number of ketones is 1. The number of aliphatic hydroxyl groups is 3. The maximum Gasteiger partial charge on any atom is 0.142 e. The SMILES string of the molecule is O=C(CCCCCO)C(C=CCCO)CO. The summed E-state index contributed by atoms with van der Waals surface area (Å²) < 4.78 is 0. The summed E-state index contributed by atoms with van der Waals surface area (Å²) in [6.45, 7) is 0.0358. The zero-order valence-electron chi connectivity index (χ0n) is 9.64. The van der Waals surface area contributed by atoms with E-state index in [4.69, 9.17) is 15.3 Å². The number of Topliss-reactive ketones (excluding diaryl/α,β-unsaturated/α-hetero) is 1. The molecule has 0 aliphatic rings. The fraction of sp³-hybridized carbons (Fsp3) is 0.750. The minimum Gasteiger partial charge on any atom is -0.396 e. The fourth-order valence-electron chi connectivity index (χ4n) is 1.38.